The van der Waals surface area contributed by atoms with Crippen molar-refractivity contribution in [2.45, 2.75) is 26.1 Å². The minimum atomic E-state index is -4.36. The van der Waals surface area contributed by atoms with E-state index in [4.69, 9.17) is 19.6 Å². The van der Waals surface area contributed by atoms with Crippen molar-refractivity contribution < 1.29 is 36.4 Å². The zero-order valence-corrected chi connectivity index (χ0v) is 23.8. The Morgan fingerprint density at radius 1 is 1.16 bits per heavy atom. The maximum Gasteiger partial charge on any atom is 0.269 e. The third-order valence-electron chi connectivity index (χ3n) is 5.64. The Morgan fingerprint density at radius 3 is 2.35 bits per heavy atom. The van der Waals surface area contributed by atoms with Gasteiger partial charge in [0.15, 0.2) is 23.1 Å². The number of rotatable bonds is 11. The van der Waals surface area contributed by atoms with Crippen molar-refractivity contribution in [3.05, 3.63) is 46.3 Å². The van der Waals surface area contributed by atoms with Crippen molar-refractivity contribution in [2.75, 3.05) is 45.9 Å². The van der Waals surface area contributed by atoms with Crippen LogP contribution in [0.25, 0.3) is 0 Å². The van der Waals surface area contributed by atoms with Crippen molar-refractivity contribution in [3.8, 4) is 17.2 Å². The molecular formula is C24H31BrFN3O7S. The van der Waals surface area contributed by atoms with E-state index in [0.717, 1.165) is 0 Å². The van der Waals surface area contributed by atoms with Crippen LogP contribution in [0.2, 0.25) is 0 Å². The molecule has 13 heteroatoms. The molecule has 0 atom stereocenters. The monoisotopic (exact) mass is 603 g/mol. The molecule has 2 N–H and O–H groups in total. The Balaban J connectivity index is 0.00000481. The molecule has 0 bridgehead atoms. The van der Waals surface area contributed by atoms with Gasteiger partial charge in [0.1, 0.15) is 17.3 Å². The fourth-order valence-corrected chi connectivity index (χ4v) is 4.78. The maximum absolute atomic E-state index is 15.3. The lowest BCUT2D eigenvalue weighted by Gasteiger charge is -2.22. The number of anilines is 1. The van der Waals surface area contributed by atoms with Gasteiger partial charge in [-0.15, -0.1) is 17.0 Å². The first-order valence-electron chi connectivity index (χ1n) is 11.2. The molecule has 0 saturated carbocycles. The van der Waals surface area contributed by atoms with Crippen LogP contribution in [0.3, 0.4) is 0 Å². The van der Waals surface area contributed by atoms with Gasteiger partial charge in [0.2, 0.25) is 0 Å². The second kappa shape index (κ2) is 12.1. The largest absolute Gasteiger partial charge is 0.496 e. The first kappa shape index (κ1) is 30.3. The van der Waals surface area contributed by atoms with Crippen molar-refractivity contribution in [1.82, 2.24) is 4.90 Å². The third kappa shape index (κ3) is 6.51. The minimum Gasteiger partial charge on any atom is -0.496 e. The molecule has 204 valence electrons. The van der Waals surface area contributed by atoms with E-state index >= 15 is 4.39 Å². The molecule has 2 aromatic rings. The predicted molar refractivity (Wildman–Crippen MR) is 143 cm³/mol. The lowest BCUT2D eigenvalue weighted by atomic mass is 10.0. The van der Waals surface area contributed by atoms with Gasteiger partial charge in [-0.1, -0.05) is 0 Å². The van der Waals surface area contributed by atoms with Crippen LogP contribution in [0.1, 0.15) is 40.9 Å². The predicted octanol–water partition coefficient (Wildman–Crippen LogP) is 3.69. The molecule has 0 saturated heterocycles. The van der Waals surface area contributed by atoms with E-state index in [1.165, 1.54) is 24.1 Å². The molecule has 0 unspecified atom stereocenters. The molecule has 0 radical (unpaired) electrons. The first-order chi connectivity index (χ1) is 16.9. The maximum atomic E-state index is 15.3. The number of carbonyl (C=O) groups is 1. The van der Waals surface area contributed by atoms with Gasteiger partial charge in [-0.25, -0.2) is 4.39 Å². The lowest BCUT2D eigenvalue weighted by molar-refractivity contribution is 0.0962. The number of halogens is 2. The Labute approximate surface area is 226 Å². The van der Waals surface area contributed by atoms with Gasteiger partial charge in [0, 0.05) is 37.5 Å². The molecule has 1 heterocycles. The number of ether oxygens (including phenoxy) is 3. The molecular weight excluding hydrogens is 573 g/mol. The quantitative estimate of drug-likeness (QED) is 0.292. The van der Waals surface area contributed by atoms with Crippen LogP contribution in [0, 0.1) is 11.2 Å². The number of methoxy groups -OCH3 is 1. The second-order valence-electron chi connectivity index (χ2n) is 8.34. The molecule has 2 aromatic carbocycles. The zero-order valence-electron chi connectivity index (χ0n) is 21.3. The average molecular weight is 604 g/mol. The summed E-state index contributed by atoms with van der Waals surface area (Å²) in [7, 11) is 0.302. The third-order valence-corrected chi connectivity index (χ3v) is 6.30. The summed E-state index contributed by atoms with van der Waals surface area (Å²) < 4.78 is 64.0. The number of fused-ring (bicyclic) bond motifs is 1. The van der Waals surface area contributed by atoms with Crippen LogP contribution in [0.5, 0.6) is 17.2 Å². The number of hydrogen-bond donors (Lipinski definition) is 2. The molecule has 37 heavy (non-hydrogen) atoms. The van der Waals surface area contributed by atoms with E-state index in [1.54, 1.807) is 38.9 Å². The van der Waals surface area contributed by atoms with E-state index in [0.29, 0.717) is 17.9 Å². The summed E-state index contributed by atoms with van der Waals surface area (Å²) in [4.78, 5) is 16.3. The van der Waals surface area contributed by atoms with Crippen molar-refractivity contribution in [3.63, 3.8) is 0 Å². The summed E-state index contributed by atoms with van der Waals surface area (Å²) in [5.41, 5.74) is 1.36. The summed E-state index contributed by atoms with van der Waals surface area (Å²) >= 11 is 0. The van der Waals surface area contributed by atoms with Crippen molar-refractivity contribution >= 4 is 44.4 Å². The number of Topliss-reactive ketones (excluding diaryl/α,β-unsaturated/α-hetero) is 1. The molecule has 1 aliphatic heterocycles. The topological polar surface area (TPSA) is 129 Å². The number of nitrogens with zero attached hydrogens (tertiary/aromatic N) is 2. The Hall–Kier alpha value is -2.90. The Kier molecular flexibility index (Phi) is 9.91. The van der Waals surface area contributed by atoms with Crippen LogP contribution < -0.4 is 19.1 Å². The van der Waals surface area contributed by atoms with Gasteiger partial charge in [-0.2, -0.15) is 8.42 Å². The molecule has 0 amide bonds. The highest BCUT2D eigenvalue weighted by Crippen LogP contribution is 2.39. The Morgan fingerprint density at radius 2 is 1.81 bits per heavy atom. The van der Waals surface area contributed by atoms with Gasteiger partial charge in [0.25, 0.3) is 10.1 Å². The fraction of sp³-hybridized carbons (Fsp3) is 0.417. The summed E-state index contributed by atoms with van der Waals surface area (Å²) in [6.07, 6.45) is 0. The second-order valence-corrected chi connectivity index (χ2v) is 9.80. The van der Waals surface area contributed by atoms with Gasteiger partial charge in [-0.05, 0) is 37.6 Å². The highest BCUT2D eigenvalue weighted by atomic mass is 79.9. The fourth-order valence-electron chi connectivity index (χ4n) is 4.12. The van der Waals surface area contributed by atoms with Crippen LogP contribution in [0.15, 0.2) is 18.2 Å². The van der Waals surface area contributed by atoms with Crippen molar-refractivity contribution in [2.24, 2.45) is 0 Å². The molecule has 1 aliphatic rings. The van der Waals surface area contributed by atoms with E-state index in [1.807, 2.05) is 0 Å². The smallest absolute Gasteiger partial charge is 0.269 e. The number of benzene rings is 2. The first-order valence-corrected chi connectivity index (χ1v) is 12.8. The molecule has 0 aromatic heterocycles. The standard InChI is InChI=1S/C24H30FN3O7S.BrH/c1-6-34-20-10-15-11-28(24(26)21(15)22(25)23(20)35-7-2)12-18(29)14-8-17(27(3)4)16(13-36(30,31)32)19(9-14)33-5;/h8-10,26H,6-7,11-13H2,1-5H3,(H,30,31,32);1H. The number of nitrogens with one attached hydrogen (secondary N) is 1. The highest BCUT2D eigenvalue weighted by molar-refractivity contribution is 8.93. The summed E-state index contributed by atoms with van der Waals surface area (Å²) in [5.74, 6) is -1.63. The molecule has 3 rings (SSSR count). The molecule has 0 aliphatic carbocycles. The van der Waals surface area contributed by atoms with Gasteiger partial charge in [0.05, 0.1) is 32.4 Å². The van der Waals surface area contributed by atoms with Gasteiger partial charge in [-0.3, -0.25) is 14.8 Å². The Bertz CT molecular complexity index is 1300. The molecule has 0 spiro atoms. The molecule has 0 fully saturated rings. The van der Waals surface area contributed by atoms with Crippen LogP contribution >= 0.6 is 17.0 Å². The van der Waals surface area contributed by atoms with Gasteiger partial charge >= 0.3 is 0 Å². The van der Waals surface area contributed by atoms with Crippen molar-refractivity contribution in [1.29, 1.82) is 5.41 Å². The van der Waals surface area contributed by atoms with E-state index in [-0.39, 0.29) is 82.2 Å². The minimum absolute atomic E-state index is 0. The number of amidine groups is 1. The molecule has 10 nitrogen and oxygen atoms in total. The average Bonchev–Trinajstić information content (AvgIpc) is 3.10. The van der Waals surface area contributed by atoms with Gasteiger partial charge < -0.3 is 24.0 Å². The van der Waals surface area contributed by atoms with E-state index in [9.17, 15) is 17.8 Å². The number of carbonyl (C=O) groups excluding carboxylic acids is 1. The normalized spacial score (nSPS) is 12.6. The number of hydrogen-bond acceptors (Lipinski definition) is 8. The lowest BCUT2D eigenvalue weighted by Crippen LogP contribution is -2.30. The van der Waals surface area contributed by atoms with Crippen LogP contribution in [0.4, 0.5) is 10.1 Å². The number of ketones is 1. The van der Waals surface area contributed by atoms with E-state index in [2.05, 4.69) is 0 Å². The highest BCUT2D eigenvalue weighted by Gasteiger charge is 2.33. The van der Waals surface area contributed by atoms with Crippen LogP contribution in [-0.4, -0.2) is 70.5 Å². The summed E-state index contributed by atoms with van der Waals surface area (Å²) in [5, 5.41) is 8.52. The van der Waals surface area contributed by atoms with E-state index < -0.39 is 21.7 Å². The summed E-state index contributed by atoms with van der Waals surface area (Å²) in [6, 6.07) is 4.52. The summed E-state index contributed by atoms with van der Waals surface area (Å²) in [6.45, 7) is 3.91. The SMILES string of the molecule is Br.CCOc1cc2c(c(F)c1OCC)C(=N)N(CC(=O)c1cc(OC)c(CS(=O)(=O)O)c(N(C)C)c1)C2. The van der Waals surface area contributed by atoms with Crippen LogP contribution in [-0.2, 0) is 22.4 Å². The zero-order chi connectivity index (χ0) is 26.8.